The lowest BCUT2D eigenvalue weighted by molar-refractivity contribution is -0.143. The maximum Gasteiger partial charge on any atom is 0.251 e. The lowest BCUT2D eigenvalue weighted by Crippen LogP contribution is -2.53. The van der Waals surface area contributed by atoms with Crippen LogP contribution in [0.4, 0.5) is 0 Å². The van der Waals surface area contributed by atoms with Crippen LogP contribution in [0.1, 0.15) is 20.3 Å². The fourth-order valence-corrected chi connectivity index (χ4v) is 1.78. The number of halogens is 1. The Hall–Kier alpha value is -0.320. The summed E-state index contributed by atoms with van der Waals surface area (Å²) in [5.74, 6) is 0.128. The normalized spacial score (nSPS) is 23.1. The number of rotatable bonds is 3. The summed E-state index contributed by atoms with van der Waals surface area (Å²) in [4.78, 5) is 13.8. The quantitative estimate of drug-likeness (QED) is 0.783. The number of piperazine rings is 1. The molecular weight excluding hydrogens is 216 g/mol. The molecule has 0 saturated carbocycles. The minimum Gasteiger partial charge on any atom is -0.372 e. The van der Waals surface area contributed by atoms with Crippen LogP contribution in [0, 0.1) is 0 Å². The molecule has 0 aliphatic carbocycles. The Labute approximate surface area is 97.8 Å². The highest BCUT2D eigenvalue weighted by molar-refractivity contribution is 5.85. The SMILES string of the molecule is CCC(OC)C(=O)N1CCN[C@@H](C)C1.Cl. The van der Waals surface area contributed by atoms with Crippen molar-refractivity contribution in [2.24, 2.45) is 0 Å². The van der Waals surface area contributed by atoms with Gasteiger partial charge in [0.25, 0.3) is 5.91 Å². The topological polar surface area (TPSA) is 41.6 Å². The Morgan fingerprint density at radius 2 is 2.33 bits per heavy atom. The van der Waals surface area contributed by atoms with Gasteiger partial charge in [0.1, 0.15) is 6.10 Å². The Balaban J connectivity index is 0.00000196. The van der Waals surface area contributed by atoms with Crippen LogP contribution in [0.2, 0.25) is 0 Å². The number of methoxy groups -OCH3 is 1. The van der Waals surface area contributed by atoms with E-state index in [0.29, 0.717) is 6.04 Å². The molecule has 1 unspecified atom stereocenters. The van der Waals surface area contributed by atoms with E-state index in [1.54, 1.807) is 7.11 Å². The van der Waals surface area contributed by atoms with Gasteiger partial charge in [-0.25, -0.2) is 0 Å². The predicted octanol–water partition coefficient (Wildman–Crippen LogP) is 0.654. The van der Waals surface area contributed by atoms with Crippen LogP contribution in [0.25, 0.3) is 0 Å². The van der Waals surface area contributed by atoms with Gasteiger partial charge in [-0.3, -0.25) is 4.79 Å². The molecule has 4 nitrogen and oxygen atoms in total. The molecule has 0 aromatic rings. The first-order chi connectivity index (χ1) is 6.69. The van der Waals surface area contributed by atoms with Crippen molar-refractivity contribution < 1.29 is 9.53 Å². The molecule has 0 radical (unpaired) electrons. The lowest BCUT2D eigenvalue weighted by Gasteiger charge is -2.33. The zero-order chi connectivity index (χ0) is 10.6. The van der Waals surface area contributed by atoms with Crippen LogP contribution in [0.15, 0.2) is 0 Å². The number of amides is 1. The van der Waals surface area contributed by atoms with Crippen molar-refractivity contribution in [2.45, 2.75) is 32.4 Å². The Kier molecular flexibility index (Phi) is 6.89. The van der Waals surface area contributed by atoms with Gasteiger partial charge < -0.3 is 15.0 Å². The number of hydrogen-bond donors (Lipinski definition) is 1. The van der Waals surface area contributed by atoms with Gasteiger partial charge in [0.05, 0.1) is 0 Å². The van der Waals surface area contributed by atoms with Gasteiger partial charge in [-0.1, -0.05) is 6.92 Å². The third-order valence-electron chi connectivity index (χ3n) is 2.61. The number of nitrogens with zero attached hydrogens (tertiary/aromatic N) is 1. The van der Waals surface area contributed by atoms with Gasteiger partial charge >= 0.3 is 0 Å². The molecule has 5 heteroatoms. The number of nitrogens with one attached hydrogen (secondary N) is 1. The van der Waals surface area contributed by atoms with E-state index in [2.05, 4.69) is 12.2 Å². The second-order valence-corrected chi connectivity index (χ2v) is 3.77. The van der Waals surface area contributed by atoms with E-state index in [1.807, 2.05) is 11.8 Å². The van der Waals surface area contributed by atoms with Crippen molar-refractivity contribution in [1.29, 1.82) is 0 Å². The average molecular weight is 237 g/mol. The van der Waals surface area contributed by atoms with Gasteiger partial charge in [-0.15, -0.1) is 12.4 Å². The molecule has 0 aromatic carbocycles. The zero-order valence-electron chi connectivity index (χ0n) is 9.66. The van der Waals surface area contributed by atoms with E-state index < -0.39 is 0 Å². The van der Waals surface area contributed by atoms with Crippen LogP contribution in [0.3, 0.4) is 0 Å². The second kappa shape index (κ2) is 7.04. The van der Waals surface area contributed by atoms with Gasteiger partial charge in [0, 0.05) is 32.8 Å². The van der Waals surface area contributed by atoms with Crippen LogP contribution < -0.4 is 5.32 Å². The molecule has 1 fully saturated rings. The summed E-state index contributed by atoms with van der Waals surface area (Å²) in [5, 5.41) is 3.31. The van der Waals surface area contributed by atoms with E-state index >= 15 is 0 Å². The maximum atomic E-state index is 11.9. The largest absolute Gasteiger partial charge is 0.372 e. The predicted molar refractivity (Wildman–Crippen MR) is 62.4 cm³/mol. The van der Waals surface area contributed by atoms with Crippen LogP contribution in [0.5, 0.6) is 0 Å². The molecule has 1 amide bonds. The Bertz CT molecular complexity index is 198. The van der Waals surface area contributed by atoms with Gasteiger partial charge in [0.15, 0.2) is 0 Å². The molecular formula is C10H21ClN2O2. The van der Waals surface area contributed by atoms with Crippen LogP contribution >= 0.6 is 12.4 Å². The van der Waals surface area contributed by atoms with Gasteiger partial charge in [0.2, 0.25) is 0 Å². The molecule has 2 atom stereocenters. The van der Waals surface area contributed by atoms with Crippen molar-refractivity contribution in [1.82, 2.24) is 10.2 Å². The second-order valence-electron chi connectivity index (χ2n) is 3.77. The summed E-state index contributed by atoms with van der Waals surface area (Å²) in [6, 6.07) is 0.391. The molecule has 1 saturated heterocycles. The summed E-state index contributed by atoms with van der Waals surface area (Å²) in [7, 11) is 1.59. The molecule has 1 heterocycles. The summed E-state index contributed by atoms with van der Waals surface area (Å²) >= 11 is 0. The van der Waals surface area contributed by atoms with Crippen LogP contribution in [-0.4, -0.2) is 49.7 Å². The third-order valence-corrected chi connectivity index (χ3v) is 2.61. The van der Waals surface area contributed by atoms with E-state index in [-0.39, 0.29) is 24.4 Å². The van der Waals surface area contributed by atoms with Crippen molar-refractivity contribution in [3.63, 3.8) is 0 Å². The Morgan fingerprint density at radius 1 is 1.67 bits per heavy atom. The summed E-state index contributed by atoms with van der Waals surface area (Å²) < 4.78 is 5.14. The van der Waals surface area contributed by atoms with E-state index in [1.165, 1.54) is 0 Å². The van der Waals surface area contributed by atoms with Crippen LogP contribution in [-0.2, 0) is 9.53 Å². The first kappa shape index (κ1) is 14.7. The minimum atomic E-state index is -0.264. The van der Waals surface area contributed by atoms with E-state index in [4.69, 9.17) is 4.74 Å². The fourth-order valence-electron chi connectivity index (χ4n) is 1.78. The number of hydrogen-bond acceptors (Lipinski definition) is 3. The molecule has 90 valence electrons. The van der Waals surface area contributed by atoms with E-state index in [0.717, 1.165) is 26.1 Å². The van der Waals surface area contributed by atoms with Gasteiger partial charge in [-0.2, -0.15) is 0 Å². The molecule has 0 aromatic heterocycles. The average Bonchev–Trinajstić information content (AvgIpc) is 2.19. The van der Waals surface area contributed by atoms with Crippen molar-refractivity contribution in [3.8, 4) is 0 Å². The fraction of sp³-hybridized carbons (Fsp3) is 0.900. The molecule has 1 aliphatic rings. The molecule has 1 aliphatic heterocycles. The summed E-state index contributed by atoms with van der Waals surface area (Å²) in [5.41, 5.74) is 0. The highest BCUT2D eigenvalue weighted by atomic mass is 35.5. The highest BCUT2D eigenvalue weighted by Gasteiger charge is 2.25. The lowest BCUT2D eigenvalue weighted by atomic mass is 10.2. The Morgan fingerprint density at radius 3 is 2.80 bits per heavy atom. The molecule has 15 heavy (non-hydrogen) atoms. The first-order valence-corrected chi connectivity index (χ1v) is 5.24. The summed E-state index contributed by atoms with van der Waals surface area (Å²) in [6.45, 7) is 6.53. The highest BCUT2D eigenvalue weighted by Crippen LogP contribution is 2.06. The van der Waals surface area contributed by atoms with Gasteiger partial charge in [-0.05, 0) is 13.3 Å². The van der Waals surface area contributed by atoms with E-state index in [9.17, 15) is 4.79 Å². The molecule has 1 N–H and O–H groups in total. The number of carbonyl (C=O) groups excluding carboxylic acids is 1. The standard InChI is InChI=1S/C10H20N2O2.ClH/c1-4-9(14-3)10(13)12-6-5-11-8(2)7-12;/h8-9,11H,4-7H2,1-3H3;1H/t8-,9?;/m0./s1. The molecule has 1 rings (SSSR count). The van der Waals surface area contributed by atoms with Crippen molar-refractivity contribution in [3.05, 3.63) is 0 Å². The molecule has 0 spiro atoms. The number of carbonyl (C=O) groups is 1. The first-order valence-electron chi connectivity index (χ1n) is 5.24. The van der Waals surface area contributed by atoms with Crippen molar-refractivity contribution in [2.75, 3.05) is 26.7 Å². The molecule has 0 bridgehead atoms. The summed E-state index contributed by atoms with van der Waals surface area (Å²) in [6.07, 6.45) is 0.480. The zero-order valence-corrected chi connectivity index (χ0v) is 10.5. The monoisotopic (exact) mass is 236 g/mol. The smallest absolute Gasteiger partial charge is 0.251 e. The number of ether oxygens (including phenoxy) is 1. The minimum absolute atomic E-state index is 0. The third kappa shape index (κ3) is 3.97. The maximum absolute atomic E-state index is 11.9. The van der Waals surface area contributed by atoms with Crippen molar-refractivity contribution >= 4 is 18.3 Å².